The Morgan fingerprint density at radius 3 is 2.30 bits per heavy atom. The fourth-order valence-corrected chi connectivity index (χ4v) is 9.61. The molecule has 0 spiro atoms. The molecular formula is C49H50N6O9. The molecule has 0 unspecified atom stereocenters. The van der Waals surface area contributed by atoms with Gasteiger partial charge in [0.05, 0.1) is 29.0 Å². The summed E-state index contributed by atoms with van der Waals surface area (Å²) in [6.45, 7) is 6.94. The average molecular weight is 867 g/mol. The molecule has 5 aromatic rings. The van der Waals surface area contributed by atoms with E-state index in [0.29, 0.717) is 29.0 Å². The first-order valence-electron chi connectivity index (χ1n) is 21.8. The number of ether oxygens (including phenoxy) is 2. The highest BCUT2D eigenvalue weighted by molar-refractivity contribution is 6.02. The van der Waals surface area contributed by atoms with Gasteiger partial charge in [0.25, 0.3) is 5.56 Å². The number of pyridine rings is 2. The first-order valence-corrected chi connectivity index (χ1v) is 21.8. The maximum absolute atomic E-state index is 13.8. The lowest BCUT2D eigenvalue weighted by molar-refractivity contribution is -0.172. The van der Waals surface area contributed by atoms with Gasteiger partial charge in [-0.15, -0.1) is 0 Å². The minimum absolute atomic E-state index is 0.0483. The number of aliphatic hydroxyl groups is 1. The van der Waals surface area contributed by atoms with Crippen molar-refractivity contribution < 1.29 is 38.6 Å². The zero-order chi connectivity index (χ0) is 45.2. The van der Waals surface area contributed by atoms with Crippen LogP contribution in [0.4, 0.5) is 10.5 Å². The summed E-state index contributed by atoms with van der Waals surface area (Å²) in [5.74, 6) is -2.50. The second-order valence-corrected chi connectivity index (χ2v) is 17.5. The molecule has 15 nitrogen and oxygen atoms in total. The molecule has 3 atom stereocenters. The number of carbonyl (C=O) groups is 5. The van der Waals surface area contributed by atoms with E-state index in [1.807, 2.05) is 54.6 Å². The second kappa shape index (κ2) is 16.4. The summed E-state index contributed by atoms with van der Waals surface area (Å²) >= 11 is 0. The third kappa shape index (κ3) is 7.07. The minimum Gasteiger partial charge on any atom is -0.458 e. The summed E-state index contributed by atoms with van der Waals surface area (Å²) in [6.07, 6.45) is 1.00. The number of cyclic esters (lactones) is 1. The van der Waals surface area contributed by atoms with Crippen LogP contribution >= 0.6 is 0 Å². The molecule has 15 heteroatoms. The van der Waals surface area contributed by atoms with Crippen LogP contribution in [0.5, 0.6) is 0 Å². The number of hydrogen-bond acceptors (Lipinski definition) is 10. The molecule has 4 N–H and O–H groups in total. The molecule has 9 rings (SSSR count). The Morgan fingerprint density at radius 2 is 1.61 bits per heavy atom. The Balaban J connectivity index is 0.844. The van der Waals surface area contributed by atoms with E-state index in [0.717, 1.165) is 57.2 Å². The van der Waals surface area contributed by atoms with Crippen LogP contribution in [0.2, 0.25) is 0 Å². The van der Waals surface area contributed by atoms with Crippen LogP contribution in [0.15, 0.2) is 71.5 Å². The van der Waals surface area contributed by atoms with Crippen molar-refractivity contribution in [3.8, 4) is 22.5 Å². The molecule has 330 valence electrons. The SMILES string of the molecule is CC[C@@]1(O)C(=O)OCc2c1cc1n(c2=O)Cc2c-1nc1ccc(NC(=O)[C@H](C)NC(=O)[C@@H](NC(=O)CCN(C)C(=O)OC3c4ccccc4-c4ccccc43)C(C)C)c3c1c2CCC3. The lowest BCUT2D eigenvalue weighted by Gasteiger charge is -2.31. The molecular weight excluding hydrogens is 817 g/mol. The number of hydrogen-bond donors (Lipinski definition) is 4. The summed E-state index contributed by atoms with van der Waals surface area (Å²) in [6, 6.07) is 19.0. The number of aryl methyl sites for hydroxylation is 2. The van der Waals surface area contributed by atoms with Crippen molar-refractivity contribution in [1.82, 2.24) is 25.1 Å². The molecule has 0 radical (unpaired) electrons. The normalized spacial score (nSPS) is 17.6. The Labute approximate surface area is 369 Å². The van der Waals surface area contributed by atoms with Crippen molar-refractivity contribution in [2.45, 2.75) is 96.7 Å². The molecule has 0 fully saturated rings. The predicted octanol–water partition coefficient (Wildman–Crippen LogP) is 5.38. The van der Waals surface area contributed by atoms with Gasteiger partial charge in [-0.25, -0.2) is 14.6 Å². The Morgan fingerprint density at radius 1 is 0.922 bits per heavy atom. The number of carbonyl (C=O) groups excluding carboxylic acids is 5. The van der Waals surface area contributed by atoms with E-state index in [9.17, 15) is 33.9 Å². The average Bonchev–Trinajstić information content (AvgIpc) is 3.82. The van der Waals surface area contributed by atoms with Crippen LogP contribution in [-0.2, 0) is 60.2 Å². The summed E-state index contributed by atoms with van der Waals surface area (Å²) in [4.78, 5) is 86.5. The van der Waals surface area contributed by atoms with Crippen LogP contribution in [0.3, 0.4) is 0 Å². The second-order valence-electron chi connectivity index (χ2n) is 17.5. The predicted molar refractivity (Wildman–Crippen MR) is 237 cm³/mol. The molecule has 2 aliphatic carbocycles. The van der Waals surface area contributed by atoms with E-state index < -0.39 is 53.6 Å². The lowest BCUT2D eigenvalue weighted by atomic mass is 9.85. The number of amides is 4. The zero-order valence-electron chi connectivity index (χ0n) is 36.4. The van der Waals surface area contributed by atoms with Gasteiger partial charge in [-0.2, -0.15) is 0 Å². The van der Waals surface area contributed by atoms with Gasteiger partial charge < -0.3 is 40.0 Å². The number of nitrogens with one attached hydrogen (secondary N) is 3. The lowest BCUT2D eigenvalue weighted by Crippen LogP contribution is -2.54. The van der Waals surface area contributed by atoms with Gasteiger partial charge in [0.1, 0.15) is 18.7 Å². The van der Waals surface area contributed by atoms with Gasteiger partial charge in [-0.05, 0) is 79.0 Å². The third-order valence-electron chi connectivity index (χ3n) is 13.2. The van der Waals surface area contributed by atoms with Crippen LogP contribution in [0.25, 0.3) is 33.4 Å². The number of esters is 1. The summed E-state index contributed by atoms with van der Waals surface area (Å²) in [5, 5.41) is 20.8. The van der Waals surface area contributed by atoms with Gasteiger partial charge in [0.15, 0.2) is 11.7 Å². The molecule has 64 heavy (non-hydrogen) atoms. The van der Waals surface area contributed by atoms with Crippen molar-refractivity contribution in [2.75, 3.05) is 18.9 Å². The van der Waals surface area contributed by atoms with Crippen molar-refractivity contribution >= 4 is 46.4 Å². The fourth-order valence-electron chi connectivity index (χ4n) is 9.61. The fraction of sp³-hybridized carbons (Fsp3) is 0.367. The highest BCUT2D eigenvalue weighted by Crippen LogP contribution is 2.46. The van der Waals surface area contributed by atoms with E-state index in [1.165, 1.54) is 4.90 Å². The number of aromatic nitrogens is 2. The molecule has 0 bridgehead atoms. The van der Waals surface area contributed by atoms with Gasteiger partial charge in [0, 0.05) is 53.3 Å². The smallest absolute Gasteiger partial charge is 0.410 e. The van der Waals surface area contributed by atoms with Gasteiger partial charge in [-0.3, -0.25) is 19.2 Å². The highest BCUT2D eigenvalue weighted by atomic mass is 16.6. The molecule has 4 heterocycles. The molecule has 0 saturated heterocycles. The van der Waals surface area contributed by atoms with Crippen LogP contribution in [-0.4, -0.2) is 75.0 Å². The standard InChI is InChI=1S/C49H50N6O9/c1-6-49(62)35-22-38-42-33(23-55(38)46(59)34(35)24-63-47(49)60)29-16-11-17-32-36(18-19-37(51-42)40(29)32)52-44(57)26(4)50-45(58)41(25(2)3)53-39(56)20-21-54(5)48(61)64-43-30-14-9-7-12-27(30)28-13-8-10-15-31(28)43/h7-10,12-15,18-19,22,25-26,41,43,62H,6,11,16-17,20-21,23-24H2,1-5H3,(H,50,58)(H,52,57)(H,53,56)/t26-,41-,49-/m0/s1. The third-order valence-corrected chi connectivity index (χ3v) is 13.2. The zero-order valence-corrected chi connectivity index (χ0v) is 36.4. The van der Waals surface area contributed by atoms with Crippen LogP contribution in [0.1, 0.15) is 92.0 Å². The van der Waals surface area contributed by atoms with E-state index in [2.05, 4.69) is 16.0 Å². The molecule has 2 aliphatic heterocycles. The van der Waals surface area contributed by atoms with Crippen molar-refractivity contribution in [1.29, 1.82) is 0 Å². The molecule has 0 saturated carbocycles. The van der Waals surface area contributed by atoms with E-state index >= 15 is 0 Å². The van der Waals surface area contributed by atoms with Gasteiger partial charge in [0.2, 0.25) is 17.7 Å². The van der Waals surface area contributed by atoms with Gasteiger partial charge in [-0.1, -0.05) is 69.3 Å². The largest absolute Gasteiger partial charge is 0.458 e. The topological polar surface area (TPSA) is 198 Å². The van der Waals surface area contributed by atoms with E-state index in [4.69, 9.17) is 14.5 Å². The monoisotopic (exact) mass is 866 g/mol. The molecule has 4 amide bonds. The number of fused-ring (bicyclic) bond motifs is 8. The van der Waals surface area contributed by atoms with Crippen molar-refractivity contribution in [3.05, 3.63) is 116 Å². The van der Waals surface area contributed by atoms with E-state index in [-0.39, 0.29) is 55.1 Å². The van der Waals surface area contributed by atoms with Crippen molar-refractivity contribution in [3.63, 3.8) is 0 Å². The Hall–Kier alpha value is -6.87. The molecule has 2 aromatic heterocycles. The van der Waals surface area contributed by atoms with Crippen LogP contribution < -0.4 is 21.5 Å². The van der Waals surface area contributed by atoms with E-state index in [1.54, 1.807) is 51.4 Å². The first kappa shape index (κ1) is 42.4. The maximum atomic E-state index is 13.8. The summed E-state index contributed by atoms with van der Waals surface area (Å²) in [7, 11) is 1.56. The Bertz CT molecular complexity index is 2820. The molecule has 3 aromatic carbocycles. The van der Waals surface area contributed by atoms with Crippen molar-refractivity contribution in [2.24, 2.45) is 5.92 Å². The van der Waals surface area contributed by atoms with Crippen LogP contribution in [0, 0.1) is 5.92 Å². The number of anilines is 1. The number of benzene rings is 3. The number of nitrogens with zero attached hydrogens (tertiary/aromatic N) is 3. The maximum Gasteiger partial charge on any atom is 0.410 e. The first-order chi connectivity index (χ1) is 30.7. The van der Waals surface area contributed by atoms with Gasteiger partial charge >= 0.3 is 12.1 Å². The summed E-state index contributed by atoms with van der Waals surface area (Å²) < 4.78 is 12.8. The Kier molecular flexibility index (Phi) is 10.8. The minimum atomic E-state index is -1.93. The quantitative estimate of drug-likeness (QED) is 0.123. The number of rotatable bonds is 11. The highest BCUT2D eigenvalue weighted by Gasteiger charge is 2.46. The summed E-state index contributed by atoms with van der Waals surface area (Å²) in [5.41, 5.74) is 7.34. The molecule has 4 aliphatic rings.